The number of aliphatic hydroxyl groups is 1. The number of halogens is 1. The Morgan fingerprint density at radius 2 is 1.92 bits per heavy atom. The Morgan fingerprint density at radius 1 is 1.24 bits per heavy atom. The number of aliphatic hydroxyl groups excluding tert-OH is 1. The largest absolute Gasteiger partial charge is 0.492 e. The molecule has 2 atom stereocenters. The highest BCUT2D eigenvalue weighted by Crippen LogP contribution is 2.30. The number of carbonyl (C=O) groups excluding carboxylic acids is 1. The lowest BCUT2D eigenvalue weighted by atomic mass is 10.0. The topological polar surface area (TPSA) is 58.6 Å². The van der Waals surface area contributed by atoms with E-state index in [9.17, 15) is 14.3 Å². The minimum Gasteiger partial charge on any atom is -0.492 e. The summed E-state index contributed by atoms with van der Waals surface area (Å²) in [6.07, 6.45) is 1.42. The normalized spacial score (nSPS) is 16.1. The standard InChI is InChI=1S/C20H22FNO3/c1-13(19(23)15-8-10-16(21)11-9-15)22-20(24)17-4-2-3-5-18(17)25-12-14-6-7-14/h2-5,8-11,13-14,19,23H,6-7,12H2,1H3,(H,22,24). The Labute approximate surface area is 146 Å². The van der Waals surface area contributed by atoms with Gasteiger partial charge in [-0.2, -0.15) is 0 Å². The van der Waals surface area contributed by atoms with Crippen LogP contribution in [-0.4, -0.2) is 23.7 Å². The number of hydrogen-bond donors (Lipinski definition) is 2. The van der Waals surface area contributed by atoms with Crippen molar-refractivity contribution in [1.29, 1.82) is 0 Å². The van der Waals surface area contributed by atoms with Gasteiger partial charge in [0.15, 0.2) is 0 Å². The summed E-state index contributed by atoms with van der Waals surface area (Å²) in [5.74, 6) is 0.472. The fourth-order valence-corrected chi connectivity index (χ4v) is 2.58. The van der Waals surface area contributed by atoms with Crippen molar-refractivity contribution in [3.05, 3.63) is 65.5 Å². The molecule has 1 fully saturated rings. The SMILES string of the molecule is CC(NC(=O)c1ccccc1OCC1CC1)C(O)c1ccc(F)cc1. The van der Waals surface area contributed by atoms with Crippen LogP contribution in [0.4, 0.5) is 4.39 Å². The minimum atomic E-state index is -0.927. The van der Waals surface area contributed by atoms with Gasteiger partial charge in [-0.1, -0.05) is 24.3 Å². The summed E-state index contributed by atoms with van der Waals surface area (Å²) in [6.45, 7) is 2.33. The molecular weight excluding hydrogens is 321 g/mol. The fourth-order valence-electron chi connectivity index (χ4n) is 2.58. The molecule has 0 spiro atoms. The third-order valence-corrected chi connectivity index (χ3v) is 4.35. The van der Waals surface area contributed by atoms with Crippen LogP contribution in [0.1, 0.15) is 41.8 Å². The molecule has 0 aromatic heterocycles. The number of rotatable bonds is 7. The van der Waals surface area contributed by atoms with E-state index in [0.717, 1.165) is 0 Å². The van der Waals surface area contributed by atoms with Gasteiger partial charge in [-0.3, -0.25) is 4.79 Å². The van der Waals surface area contributed by atoms with E-state index in [1.54, 1.807) is 25.1 Å². The van der Waals surface area contributed by atoms with Crippen molar-refractivity contribution in [3.63, 3.8) is 0 Å². The third kappa shape index (κ3) is 4.57. The first-order valence-electron chi connectivity index (χ1n) is 8.51. The quantitative estimate of drug-likeness (QED) is 0.809. The lowest BCUT2D eigenvalue weighted by Gasteiger charge is -2.21. The second-order valence-corrected chi connectivity index (χ2v) is 6.51. The number of carbonyl (C=O) groups is 1. The maximum Gasteiger partial charge on any atom is 0.255 e. The lowest BCUT2D eigenvalue weighted by Crippen LogP contribution is -2.37. The predicted molar refractivity (Wildman–Crippen MR) is 92.9 cm³/mol. The first-order chi connectivity index (χ1) is 12.0. The first kappa shape index (κ1) is 17.4. The average Bonchev–Trinajstić information content (AvgIpc) is 3.44. The molecule has 1 aliphatic rings. The zero-order valence-electron chi connectivity index (χ0n) is 14.1. The van der Waals surface area contributed by atoms with Crippen molar-refractivity contribution in [2.75, 3.05) is 6.61 Å². The molecule has 0 bridgehead atoms. The molecule has 2 N–H and O–H groups in total. The summed E-state index contributed by atoms with van der Waals surface area (Å²) in [5, 5.41) is 13.2. The van der Waals surface area contributed by atoms with E-state index in [2.05, 4.69) is 5.32 Å². The summed E-state index contributed by atoms with van der Waals surface area (Å²) in [6, 6.07) is 12.1. The molecule has 1 aliphatic carbocycles. The second kappa shape index (κ2) is 7.66. The number of hydrogen-bond acceptors (Lipinski definition) is 3. The number of para-hydroxylation sites is 1. The van der Waals surface area contributed by atoms with Gasteiger partial charge in [0.2, 0.25) is 0 Å². The molecule has 1 saturated carbocycles. The predicted octanol–water partition coefficient (Wildman–Crippen LogP) is 3.47. The van der Waals surface area contributed by atoms with Crippen LogP contribution >= 0.6 is 0 Å². The number of benzene rings is 2. The molecule has 4 nitrogen and oxygen atoms in total. The highest BCUT2D eigenvalue weighted by atomic mass is 19.1. The highest BCUT2D eigenvalue weighted by molar-refractivity contribution is 5.97. The van der Waals surface area contributed by atoms with E-state index >= 15 is 0 Å². The van der Waals surface area contributed by atoms with Crippen molar-refractivity contribution in [2.45, 2.75) is 31.9 Å². The molecule has 0 heterocycles. The molecule has 0 aliphatic heterocycles. The second-order valence-electron chi connectivity index (χ2n) is 6.51. The Kier molecular flexibility index (Phi) is 5.34. The maximum absolute atomic E-state index is 13.0. The van der Waals surface area contributed by atoms with Crippen molar-refractivity contribution in [3.8, 4) is 5.75 Å². The third-order valence-electron chi connectivity index (χ3n) is 4.35. The van der Waals surface area contributed by atoms with Gasteiger partial charge in [-0.25, -0.2) is 4.39 Å². The number of amides is 1. The summed E-state index contributed by atoms with van der Waals surface area (Å²) in [4.78, 5) is 12.6. The molecule has 3 rings (SSSR count). The molecule has 132 valence electrons. The van der Waals surface area contributed by atoms with Crippen LogP contribution in [0.15, 0.2) is 48.5 Å². The molecule has 1 amide bonds. The monoisotopic (exact) mass is 343 g/mol. The van der Waals surface area contributed by atoms with Gasteiger partial charge in [0.1, 0.15) is 11.6 Å². The Hall–Kier alpha value is -2.40. The van der Waals surface area contributed by atoms with Crippen molar-refractivity contribution >= 4 is 5.91 Å². The molecule has 2 aromatic carbocycles. The van der Waals surface area contributed by atoms with E-state index < -0.39 is 12.1 Å². The molecule has 2 unspecified atom stereocenters. The molecular formula is C20H22FNO3. The highest BCUT2D eigenvalue weighted by Gasteiger charge is 2.24. The van der Waals surface area contributed by atoms with Crippen LogP contribution in [0.25, 0.3) is 0 Å². The maximum atomic E-state index is 13.0. The average molecular weight is 343 g/mol. The summed E-state index contributed by atoms with van der Waals surface area (Å²) < 4.78 is 18.8. The van der Waals surface area contributed by atoms with Gasteiger partial charge in [0, 0.05) is 0 Å². The smallest absolute Gasteiger partial charge is 0.255 e. The van der Waals surface area contributed by atoms with Crippen LogP contribution < -0.4 is 10.1 Å². The lowest BCUT2D eigenvalue weighted by molar-refractivity contribution is 0.0848. The fraction of sp³-hybridized carbons (Fsp3) is 0.350. The minimum absolute atomic E-state index is 0.306. The van der Waals surface area contributed by atoms with Gasteiger partial charge < -0.3 is 15.2 Å². The van der Waals surface area contributed by atoms with Crippen LogP contribution in [0, 0.1) is 11.7 Å². The van der Waals surface area contributed by atoms with Crippen LogP contribution in [0.2, 0.25) is 0 Å². The van der Waals surface area contributed by atoms with Gasteiger partial charge in [0.25, 0.3) is 5.91 Å². The van der Waals surface area contributed by atoms with E-state index in [1.165, 1.54) is 37.1 Å². The van der Waals surface area contributed by atoms with Crippen molar-refractivity contribution in [2.24, 2.45) is 5.92 Å². The molecule has 0 saturated heterocycles. The van der Waals surface area contributed by atoms with E-state index in [0.29, 0.717) is 29.4 Å². The van der Waals surface area contributed by atoms with Gasteiger partial charge in [-0.15, -0.1) is 0 Å². The molecule has 0 radical (unpaired) electrons. The Balaban J connectivity index is 1.65. The first-order valence-corrected chi connectivity index (χ1v) is 8.51. The van der Waals surface area contributed by atoms with Crippen molar-refractivity contribution < 1.29 is 19.0 Å². The van der Waals surface area contributed by atoms with E-state index in [4.69, 9.17) is 4.74 Å². The Morgan fingerprint density at radius 3 is 2.60 bits per heavy atom. The molecule has 5 heteroatoms. The number of nitrogens with one attached hydrogen (secondary N) is 1. The van der Waals surface area contributed by atoms with Crippen LogP contribution in [-0.2, 0) is 0 Å². The van der Waals surface area contributed by atoms with E-state index in [-0.39, 0.29) is 11.7 Å². The molecule has 25 heavy (non-hydrogen) atoms. The number of ether oxygens (including phenoxy) is 1. The summed E-state index contributed by atoms with van der Waals surface area (Å²) in [5.41, 5.74) is 0.994. The Bertz CT molecular complexity index is 728. The summed E-state index contributed by atoms with van der Waals surface area (Å²) in [7, 11) is 0. The summed E-state index contributed by atoms with van der Waals surface area (Å²) >= 11 is 0. The van der Waals surface area contributed by atoms with Gasteiger partial charge in [0.05, 0.1) is 24.3 Å². The van der Waals surface area contributed by atoms with Gasteiger partial charge in [-0.05, 0) is 55.5 Å². The van der Waals surface area contributed by atoms with Crippen LogP contribution in [0.3, 0.4) is 0 Å². The van der Waals surface area contributed by atoms with Crippen molar-refractivity contribution in [1.82, 2.24) is 5.32 Å². The van der Waals surface area contributed by atoms with Crippen LogP contribution in [0.5, 0.6) is 5.75 Å². The molecule has 2 aromatic rings. The zero-order chi connectivity index (χ0) is 17.8. The zero-order valence-corrected chi connectivity index (χ0v) is 14.1. The van der Waals surface area contributed by atoms with Gasteiger partial charge >= 0.3 is 0 Å². The van der Waals surface area contributed by atoms with E-state index in [1.807, 2.05) is 6.07 Å².